The van der Waals surface area contributed by atoms with Crippen LogP contribution in [0.1, 0.15) is 26.3 Å². The fourth-order valence-electron chi connectivity index (χ4n) is 3.02. The van der Waals surface area contributed by atoms with Gasteiger partial charge in [0.15, 0.2) is 17.3 Å². The Hall–Kier alpha value is -4.37. The number of hydrogen-bond donors (Lipinski definition) is 2. The summed E-state index contributed by atoms with van der Waals surface area (Å²) >= 11 is 0. The van der Waals surface area contributed by atoms with Crippen molar-refractivity contribution in [3.63, 3.8) is 0 Å². The van der Waals surface area contributed by atoms with Gasteiger partial charge in [0, 0.05) is 12.3 Å². The number of alkyl halides is 6. The maximum atomic E-state index is 15.1. The van der Waals surface area contributed by atoms with Crippen LogP contribution in [0, 0.1) is 5.82 Å². The quantitative estimate of drug-likeness (QED) is 0.319. The van der Waals surface area contributed by atoms with Crippen LogP contribution in [0.25, 0.3) is 0 Å². The lowest BCUT2D eigenvalue weighted by Gasteiger charge is -2.25. The van der Waals surface area contributed by atoms with Gasteiger partial charge in [0.1, 0.15) is 46.4 Å². The van der Waals surface area contributed by atoms with E-state index < -0.39 is 69.6 Å². The predicted molar refractivity (Wildman–Crippen MR) is 126 cm³/mol. The predicted octanol–water partition coefficient (Wildman–Crippen LogP) is 3.78. The van der Waals surface area contributed by atoms with Crippen LogP contribution >= 0.6 is 0 Å². The molecule has 8 nitrogen and oxygen atoms in total. The minimum Gasteiger partial charge on any atom is -0.512 e. The van der Waals surface area contributed by atoms with Crippen molar-refractivity contribution in [3.05, 3.63) is 71.2 Å². The molecular weight excluding hydrogens is 552 g/mol. The monoisotopic (exact) mass is 563 g/mol. The van der Waals surface area contributed by atoms with E-state index in [9.17, 15) is 35.9 Å². The van der Waals surface area contributed by atoms with E-state index in [-0.39, 0.29) is 17.4 Å². The number of aromatic nitrogens is 1. The molecule has 0 aliphatic carbocycles. The molecule has 6 radical (unpaired) electrons. The Morgan fingerprint density at radius 2 is 1.52 bits per heavy atom. The molecule has 0 saturated carbocycles. The number of nitrogens with one attached hydrogen (secondary N) is 1. The molecule has 202 valence electrons. The van der Waals surface area contributed by atoms with Gasteiger partial charge in [-0.2, -0.15) is 13.2 Å². The average molecular weight is 563 g/mol. The van der Waals surface area contributed by atoms with E-state index in [0.29, 0.717) is 18.2 Å². The summed E-state index contributed by atoms with van der Waals surface area (Å²) in [7, 11) is 16.0. The highest BCUT2D eigenvalue weighted by Crippen LogP contribution is 2.41. The number of benzene rings is 2. The second kappa shape index (κ2) is 11.0. The minimum absolute atomic E-state index is 0.0754. The zero-order valence-corrected chi connectivity index (χ0v) is 19.6. The van der Waals surface area contributed by atoms with E-state index in [1.54, 1.807) is 0 Å². The van der Waals surface area contributed by atoms with Gasteiger partial charge in [-0.15, -0.1) is 13.2 Å². The normalized spacial score (nSPS) is 12.0. The number of pyridine rings is 1. The van der Waals surface area contributed by atoms with Gasteiger partial charge < -0.3 is 25.3 Å². The van der Waals surface area contributed by atoms with Gasteiger partial charge >= 0.3 is 12.5 Å². The van der Waals surface area contributed by atoms with E-state index in [1.165, 1.54) is 0 Å². The molecule has 0 aliphatic heterocycles. The third-order valence-electron chi connectivity index (χ3n) is 4.58. The SMILES string of the molecule is [B]C([B])([B])Oc1cc(OC(F)(F)F)ccc1Oc1ccc(C(F)(F)F)c(F)c1C(=O)Nc1ccc(C(N)=O)cn1. The van der Waals surface area contributed by atoms with Crippen molar-refractivity contribution in [3.8, 4) is 23.0 Å². The molecule has 0 saturated heterocycles. The number of amides is 2. The second-order valence-electron chi connectivity index (χ2n) is 7.76. The van der Waals surface area contributed by atoms with Gasteiger partial charge in [-0.1, -0.05) is 0 Å². The molecule has 3 N–H and O–H groups in total. The molecular formula is C22H11B3F7N3O5. The van der Waals surface area contributed by atoms with Crippen molar-refractivity contribution < 1.29 is 54.5 Å². The maximum Gasteiger partial charge on any atom is 0.573 e. The molecule has 0 bridgehead atoms. The first-order chi connectivity index (χ1) is 18.3. The number of hydrogen-bond acceptors (Lipinski definition) is 6. The number of nitrogens with zero attached hydrogens (tertiary/aromatic N) is 1. The third kappa shape index (κ3) is 7.83. The van der Waals surface area contributed by atoms with Gasteiger partial charge in [0.05, 0.1) is 11.1 Å². The number of halogens is 7. The smallest absolute Gasteiger partial charge is 0.512 e. The second-order valence-corrected chi connectivity index (χ2v) is 7.76. The summed E-state index contributed by atoms with van der Waals surface area (Å²) in [4.78, 5) is 27.8. The first kappa shape index (κ1) is 30.2. The van der Waals surface area contributed by atoms with Gasteiger partial charge in [-0.3, -0.25) is 9.59 Å². The minimum atomic E-state index is -5.25. The Morgan fingerprint density at radius 3 is 2.05 bits per heavy atom. The lowest BCUT2D eigenvalue weighted by Crippen LogP contribution is -2.37. The largest absolute Gasteiger partial charge is 0.573 e. The van der Waals surface area contributed by atoms with Gasteiger partial charge in [-0.05, 0) is 41.7 Å². The fraction of sp³-hybridized carbons (Fsp3) is 0.136. The van der Waals surface area contributed by atoms with E-state index in [2.05, 4.69) is 9.72 Å². The standard InChI is InChI=1S/C22H11B3F7N3O5/c23-21(24,25)40-14-7-10(39-22(30,31)32)2-4-12(14)38-13-5-3-11(20(27,28)29)17(26)16(13)19(37)35-15-6-1-9(8-34-15)18(33)36/h1-8H,(H2,33,36)(H,34,35,37). The Morgan fingerprint density at radius 1 is 0.875 bits per heavy atom. The molecule has 2 aromatic carbocycles. The Bertz CT molecular complexity index is 1430. The number of primary amides is 1. The lowest BCUT2D eigenvalue weighted by molar-refractivity contribution is -0.274. The van der Waals surface area contributed by atoms with Crippen molar-refractivity contribution in [2.24, 2.45) is 5.73 Å². The van der Waals surface area contributed by atoms with E-state index in [0.717, 1.165) is 24.4 Å². The first-order valence-electron chi connectivity index (χ1n) is 10.4. The number of rotatable bonds is 8. The van der Waals surface area contributed by atoms with Crippen LogP contribution in [-0.4, -0.2) is 52.0 Å². The first-order valence-corrected chi connectivity index (χ1v) is 10.4. The Labute approximate surface area is 224 Å². The van der Waals surface area contributed by atoms with Crippen LogP contribution in [0.2, 0.25) is 0 Å². The molecule has 0 aliphatic rings. The highest BCUT2D eigenvalue weighted by atomic mass is 19.4. The fourth-order valence-corrected chi connectivity index (χ4v) is 3.02. The lowest BCUT2D eigenvalue weighted by atomic mass is 9.52. The van der Waals surface area contributed by atoms with Crippen LogP contribution < -0.4 is 25.3 Å². The molecule has 1 heterocycles. The highest BCUT2D eigenvalue weighted by Gasteiger charge is 2.38. The summed E-state index contributed by atoms with van der Waals surface area (Å²) in [6.07, 6.45) is -9.46. The van der Waals surface area contributed by atoms with Gasteiger partial charge in [0.2, 0.25) is 5.91 Å². The molecule has 2 amide bonds. The number of anilines is 1. The number of ether oxygens (including phenoxy) is 3. The summed E-state index contributed by atoms with van der Waals surface area (Å²) in [5.74, 6) is -7.84. The van der Waals surface area contributed by atoms with Crippen LogP contribution in [0.15, 0.2) is 48.7 Å². The van der Waals surface area contributed by atoms with Crippen LogP contribution in [0.4, 0.5) is 36.6 Å². The van der Waals surface area contributed by atoms with Crippen LogP contribution in [0.5, 0.6) is 23.0 Å². The van der Waals surface area contributed by atoms with E-state index in [1.807, 2.05) is 5.32 Å². The van der Waals surface area contributed by atoms with Gasteiger partial charge in [-0.25, -0.2) is 9.37 Å². The summed E-state index contributed by atoms with van der Waals surface area (Å²) in [6.45, 7) is 0. The molecule has 0 atom stereocenters. The average Bonchev–Trinajstić information content (AvgIpc) is 2.78. The Balaban J connectivity index is 2.08. The zero-order valence-electron chi connectivity index (χ0n) is 19.6. The highest BCUT2D eigenvalue weighted by molar-refractivity contribution is 6.58. The summed E-state index contributed by atoms with van der Waals surface area (Å²) < 4.78 is 107. The van der Waals surface area contributed by atoms with Gasteiger partial charge in [0.25, 0.3) is 5.91 Å². The maximum absolute atomic E-state index is 15.1. The summed E-state index contributed by atoms with van der Waals surface area (Å²) in [6, 6.07) is 5.02. The van der Waals surface area contributed by atoms with Crippen molar-refractivity contribution in [2.45, 2.75) is 17.8 Å². The van der Waals surface area contributed by atoms with Crippen LogP contribution in [-0.2, 0) is 6.18 Å². The Kier molecular flexibility index (Phi) is 8.31. The molecule has 0 fully saturated rings. The van der Waals surface area contributed by atoms with E-state index in [4.69, 9.17) is 38.7 Å². The summed E-state index contributed by atoms with van der Waals surface area (Å²) in [5, 5.41) is -0.479. The van der Waals surface area contributed by atoms with Crippen molar-refractivity contribution in [1.82, 2.24) is 4.98 Å². The molecule has 3 aromatic rings. The van der Waals surface area contributed by atoms with E-state index >= 15 is 4.39 Å². The molecule has 3 rings (SSSR count). The van der Waals surface area contributed by atoms with Crippen molar-refractivity contribution >= 4 is 41.2 Å². The third-order valence-corrected chi connectivity index (χ3v) is 4.58. The molecule has 0 unspecified atom stereocenters. The molecule has 0 spiro atoms. The zero-order chi connectivity index (χ0) is 30.0. The number of carbonyl (C=O) groups is 2. The van der Waals surface area contributed by atoms with Crippen molar-refractivity contribution in [2.75, 3.05) is 5.32 Å². The number of carbonyl (C=O) groups excluding carboxylic acids is 2. The molecule has 18 heteroatoms. The number of nitrogens with two attached hydrogens (primary N) is 1. The summed E-state index contributed by atoms with van der Waals surface area (Å²) in [5.41, 5.74) is 1.86. The molecule has 1 aromatic heterocycles. The molecule has 40 heavy (non-hydrogen) atoms. The van der Waals surface area contributed by atoms with Crippen LogP contribution in [0.3, 0.4) is 0 Å². The van der Waals surface area contributed by atoms with Crippen molar-refractivity contribution in [1.29, 1.82) is 0 Å². The topological polar surface area (TPSA) is 113 Å².